The summed E-state index contributed by atoms with van der Waals surface area (Å²) in [7, 11) is 1.54. The van der Waals surface area contributed by atoms with E-state index in [0.717, 1.165) is 5.56 Å². The number of methoxy groups -OCH3 is 1. The summed E-state index contributed by atoms with van der Waals surface area (Å²) < 4.78 is 11.1. The molecule has 0 amide bonds. The first-order chi connectivity index (χ1) is 18.3. The van der Waals surface area contributed by atoms with Gasteiger partial charge >= 0.3 is 5.97 Å². The van der Waals surface area contributed by atoms with Gasteiger partial charge in [-0.1, -0.05) is 60.7 Å². The van der Waals surface area contributed by atoms with Crippen molar-refractivity contribution in [3.05, 3.63) is 95.1 Å². The van der Waals surface area contributed by atoms with Gasteiger partial charge in [0.15, 0.2) is 23.1 Å². The quantitative estimate of drug-likeness (QED) is 0.289. The van der Waals surface area contributed by atoms with Crippen LogP contribution >= 0.6 is 0 Å². The Labute approximate surface area is 219 Å². The number of ketones is 3. The molecule has 7 heteroatoms. The first kappa shape index (κ1) is 23.9. The highest BCUT2D eigenvalue weighted by molar-refractivity contribution is 6.32. The minimum Gasteiger partial charge on any atom is -0.497 e. The summed E-state index contributed by atoms with van der Waals surface area (Å²) in [4.78, 5) is 56.3. The summed E-state index contributed by atoms with van der Waals surface area (Å²) in [5.74, 6) is -1.36. The molecule has 0 aromatic heterocycles. The number of Topliss-reactive ketones (excluding diaryl/α,β-unsaturated/α-hetero) is 3. The molecule has 3 aliphatic rings. The highest BCUT2D eigenvalue weighted by atomic mass is 16.5. The lowest BCUT2D eigenvalue weighted by atomic mass is 9.64. The molecule has 38 heavy (non-hydrogen) atoms. The van der Waals surface area contributed by atoms with Gasteiger partial charge in [-0.3, -0.25) is 19.2 Å². The number of anilines is 1. The molecular formula is C31H25NO6. The van der Waals surface area contributed by atoms with E-state index in [1.807, 2.05) is 29.2 Å². The summed E-state index contributed by atoms with van der Waals surface area (Å²) in [6.07, 6.45) is 3.66. The van der Waals surface area contributed by atoms with Crippen molar-refractivity contribution >= 4 is 35.1 Å². The normalized spacial score (nSPS) is 22.2. The number of rotatable bonds is 4. The van der Waals surface area contributed by atoms with Crippen molar-refractivity contribution in [3.63, 3.8) is 0 Å². The fourth-order valence-corrected chi connectivity index (χ4v) is 6.58. The maximum Gasteiger partial charge on any atom is 0.308 e. The van der Waals surface area contributed by atoms with Crippen LogP contribution in [-0.4, -0.2) is 42.5 Å². The Bertz CT molecular complexity index is 1540. The van der Waals surface area contributed by atoms with E-state index in [4.69, 9.17) is 9.47 Å². The van der Waals surface area contributed by atoms with Gasteiger partial charge in [0.1, 0.15) is 11.2 Å². The van der Waals surface area contributed by atoms with Crippen LogP contribution in [0.4, 0.5) is 5.69 Å². The third-order valence-corrected chi connectivity index (χ3v) is 7.91. The van der Waals surface area contributed by atoms with Crippen LogP contribution in [0.1, 0.15) is 51.6 Å². The largest absolute Gasteiger partial charge is 0.497 e. The SMILES string of the molecule is COc1cccc([C@H]2[C@@H](C(C)=O)N3c4c(cccc4OC(C)=O)C=C[C@@H]3C23C(=O)c2ccccc2C3=O)c1. The predicted molar refractivity (Wildman–Crippen MR) is 141 cm³/mol. The van der Waals surface area contributed by atoms with Crippen LogP contribution in [0, 0.1) is 5.41 Å². The topological polar surface area (TPSA) is 90.0 Å². The minimum atomic E-state index is -1.61. The smallest absolute Gasteiger partial charge is 0.308 e. The fourth-order valence-electron chi connectivity index (χ4n) is 6.58. The maximum atomic E-state index is 14.5. The van der Waals surface area contributed by atoms with Gasteiger partial charge in [0.25, 0.3) is 0 Å². The lowest BCUT2D eigenvalue weighted by Gasteiger charge is -2.37. The Kier molecular flexibility index (Phi) is 5.35. The molecule has 3 aromatic rings. The second-order valence-electron chi connectivity index (χ2n) is 9.88. The zero-order chi connectivity index (χ0) is 26.8. The van der Waals surface area contributed by atoms with Crippen molar-refractivity contribution in [1.82, 2.24) is 0 Å². The monoisotopic (exact) mass is 507 g/mol. The molecule has 6 rings (SSSR count). The second-order valence-corrected chi connectivity index (χ2v) is 9.88. The number of esters is 1. The lowest BCUT2D eigenvalue weighted by Crippen LogP contribution is -2.48. The molecule has 0 saturated carbocycles. The highest BCUT2D eigenvalue weighted by Crippen LogP contribution is 2.61. The van der Waals surface area contributed by atoms with E-state index < -0.39 is 29.4 Å². The summed E-state index contributed by atoms with van der Waals surface area (Å²) >= 11 is 0. The average molecular weight is 508 g/mol. The number of benzene rings is 3. The standard InChI is InChI=1S/C31H25NO6/c1-17(33)27-26(20-9-6-10-21(16-20)37-3)31(29(35)22-11-4-5-12-23(22)30(31)36)25-15-14-19-8-7-13-24(38-18(2)34)28(19)32(25)27/h4-16,25-27H,1-3H3/t25-,26+,27-/m1/s1. The number of para-hydroxylation sites is 1. The van der Waals surface area contributed by atoms with Crippen molar-refractivity contribution < 1.29 is 28.7 Å². The third kappa shape index (κ3) is 3.08. The fraction of sp³-hybridized carbons (Fsp3) is 0.226. The molecule has 0 radical (unpaired) electrons. The molecule has 0 unspecified atom stereocenters. The Hall–Kier alpha value is -4.52. The molecule has 3 aromatic carbocycles. The Morgan fingerprint density at radius 2 is 1.58 bits per heavy atom. The molecule has 1 aliphatic carbocycles. The van der Waals surface area contributed by atoms with E-state index in [1.54, 1.807) is 61.7 Å². The molecule has 2 heterocycles. The van der Waals surface area contributed by atoms with Crippen LogP contribution in [0.3, 0.4) is 0 Å². The average Bonchev–Trinajstić information content (AvgIpc) is 3.35. The van der Waals surface area contributed by atoms with Crippen molar-refractivity contribution in [1.29, 1.82) is 0 Å². The van der Waals surface area contributed by atoms with Crippen molar-refractivity contribution in [2.75, 3.05) is 12.0 Å². The second kappa shape index (κ2) is 8.52. The first-order valence-corrected chi connectivity index (χ1v) is 12.4. The zero-order valence-corrected chi connectivity index (χ0v) is 21.1. The molecule has 3 atom stereocenters. The van der Waals surface area contributed by atoms with E-state index in [-0.39, 0.29) is 23.1 Å². The summed E-state index contributed by atoms with van der Waals surface area (Å²) in [6, 6.07) is 17.6. The van der Waals surface area contributed by atoms with Crippen molar-refractivity contribution in [2.45, 2.75) is 31.8 Å². The molecule has 190 valence electrons. The Morgan fingerprint density at radius 3 is 2.21 bits per heavy atom. The zero-order valence-electron chi connectivity index (χ0n) is 21.1. The van der Waals surface area contributed by atoms with E-state index in [0.29, 0.717) is 28.1 Å². The molecule has 7 nitrogen and oxygen atoms in total. The molecule has 1 fully saturated rings. The van der Waals surface area contributed by atoms with Gasteiger partial charge in [0.05, 0.1) is 24.9 Å². The molecule has 1 spiro atoms. The Balaban J connectivity index is 1.68. The van der Waals surface area contributed by atoms with Crippen LogP contribution in [0.25, 0.3) is 6.08 Å². The van der Waals surface area contributed by atoms with Crippen LogP contribution in [0.15, 0.2) is 72.8 Å². The number of ether oxygens (including phenoxy) is 2. The van der Waals surface area contributed by atoms with Crippen LogP contribution in [0.5, 0.6) is 11.5 Å². The summed E-state index contributed by atoms with van der Waals surface area (Å²) in [5.41, 5.74) is 0.974. The summed E-state index contributed by atoms with van der Waals surface area (Å²) in [6.45, 7) is 2.78. The molecule has 1 saturated heterocycles. The van der Waals surface area contributed by atoms with Crippen LogP contribution < -0.4 is 14.4 Å². The number of carbonyl (C=O) groups is 4. The lowest BCUT2D eigenvalue weighted by molar-refractivity contribution is -0.131. The first-order valence-electron chi connectivity index (χ1n) is 12.4. The molecule has 0 bridgehead atoms. The van der Waals surface area contributed by atoms with Gasteiger partial charge in [0, 0.05) is 29.5 Å². The van der Waals surface area contributed by atoms with E-state index in [1.165, 1.54) is 13.8 Å². The van der Waals surface area contributed by atoms with Gasteiger partial charge in [-0.15, -0.1) is 0 Å². The molecular weight excluding hydrogens is 482 g/mol. The number of hydrogen-bond acceptors (Lipinski definition) is 7. The summed E-state index contributed by atoms with van der Waals surface area (Å²) in [5, 5.41) is 0. The highest BCUT2D eigenvalue weighted by Gasteiger charge is 2.71. The number of carbonyl (C=O) groups excluding carboxylic acids is 4. The minimum absolute atomic E-state index is 0.213. The molecule has 0 N–H and O–H groups in total. The van der Waals surface area contributed by atoms with Crippen molar-refractivity contribution in [2.24, 2.45) is 5.41 Å². The van der Waals surface area contributed by atoms with E-state index in [9.17, 15) is 19.2 Å². The van der Waals surface area contributed by atoms with Crippen LogP contribution in [-0.2, 0) is 9.59 Å². The van der Waals surface area contributed by atoms with Gasteiger partial charge in [-0.2, -0.15) is 0 Å². The van der Waals surface area contributed by atoms with E-state index >= 15 is 0 Å². The maximum absolute atomic E-state index is 14.5. The molecule has 2 aliphatic heterocycles. The third-order valence-electron chi connectivity index (χ3n) is 7.91. The number of nitrogens with zero attached hydrogens (tertiary/aromatic N) is 1. The van der Waals surface area contributed by atoms with Gasteiger partial charge in [-0.25, -0.2) is 0 Å². The predicted octanol–water partition coefficient (Wildman–Crippen LogP) is 4.64. The van der Waals surface area contributed by atoms with Crippen LogP contribution in [0.2, 0.25) is 0 Å². The number of fused-ring (bicyclic) bond motifs is 5. The van der Waals surface area contributed by atoms with E-state index in [2.05, 4.69) is 0 Å². The van der Waals surface area contributed by atoms with Gasteiger partial charge < -0.3 is 14.4 Å². The number of hydrogen-bond donors (Lipinski definition) is 0. The van der Waals surface area contributed by atoms with Gasteiger partial charge in [-0.05, 0) is 30.7 Å². The van der Waals surface area contributed by atoms with Gasteiger partial charge in [0.2, 0.25) is 0 Å². The van der Waals surface area contributed by atoms with Crippen molar-refractivity contribution in [3.8, 4) is 11.5 Å². The Morgan fingerprint density at radius 1 is 0.895 bits per heavy atom.